The molecule has 0 atom stereocenters. The van der Waals surface area contributed by atoms with Crippen molar-refractivity contribution in [2.24, 2.45) is 11.8 Å². The van der Waals surface area contributed by atoms with Gasteiger partial charge in [0, 0.05) is 30.8 Å². The summed E-state index contributed by atoms with van der Waals surface area (Å²) in [6.07, 6.45) is 13.9. The van der Waals surface area contributed by atoms with Crippen molar-refractivity contribution in [3.63, 3.8) is 0 Å². The zero-order valence-corrected chi connectivity index (χ0v) is 14.9. The molecule has 0 aromatic carbocycles. The van der Waals surface area contributed by atoms with E-state index in [0.717, 1.165) is 31.5 Å². The highest BCUT2D eigenvalue weighted by molar-refractivity contribution is 5.79. The number of amides is 2. The van der Waals surface area contributed by atoms with Gasteiger partial charge >= 0.3 is 0 Å². The van der Waals surface area contributed by atoms with E-state index >= 15 is 0 Å². The minimum Gasteiger partial charge on any atom is -0.353 e. The number of hydrogen-bond acceptors (Lipinski definition) is 3. The highest BCUT2D eigenvalue weighted by Crippen LogP contribution is 2.27. The van der Waals surface area contributed by atoms with Gasteiger partial charge in [0.2, 0.25) is 11.8 Å². The largest absolute Gasteiger partial charge is 0.353 e. The molecule has 1 aromatic rings. The molecule has 3 rings (SSSR count). The molecule has 2 saturated carbocycles. The minimum absolute atomic E-state index is 0.0569. The van der Waals surface area contributed by atoms with Gasteiger partial charge in [-0.05, 0) is 44.4 Å². The van der Waals surface area contributed by atoms with Gasteiger partial charge in [-0.3, -0.25) is 9.59 Å². The Morgan fingerprint density at radius 3 is 2.52 bits per heavy atom. The first-order valence-electron chi connectivity index (χ1n) is 9.76. The first-order valence-corrected chi connectivity index (χ1v) is 9.76. The molecule has 0 radical (unpaired) electrons. The van der Waals surface area contributed by atoms with Crippen LogP contribution in [0.25, 0.3) is 0 Å². The number of nitrogens with zero attached hydrogens (tertiary/aromatic N) is 1. The van der Waals surface area contributed by atoms with Crippen LogP contribution in [0, 0.1) is 11.8 Å². The van der Waals surface area contributed by atoms with E-state index in [4.69, 9.17) is 0 Å². The zero-order valence-electron chi connectivity index (χ0n) is 14.9. The number of rotatable bonds is 6. The molecule has 0 bridgehead atoms. The topological polar surface area (TPSA) is 86.9 Å². The van der Waals surface area contributed by atoms with Crippen molar-refractivity contribution in [1.29, 1.82) is 0 Å². The van der Waals surface area contributed by atoms with Gasteiger partial charge in [0.05, 0.1) is 6.54 Å². The van der Waals surface area contributed by atoms with Crippen LogP contribution in [-0.2, 0) is 16.1 Å². The Morgan fingerprint density at radius 2 is 1.84 bits per heavy atom. The third kappa shape index (κ3) is 5.58. The number of carbonyl (C=O) groups is 2. The van der Waals surface area contributed by atoms with Crippen LogP contribution in [0.5, 0.6) is 0 Å². The smallest absolute Gasteiger partial charge is 0.223 e. The third-order valence-corrected chi connectivity index (χ3v) is 5.65. The van der Waals surface area contributed by atoms with Crippen LogP contribution < -0.4 is 10.6 Å². The molecular weight excluding hydrogens is 316 g/mol. The van der Waals surface area contributed by atoms with Crippen LogP contribution in [0.4, 0.5) is 0 Å². The van der Waals surface area contributed by atoms with Crippen LogP contribution in [0.2, 0.25) is 0 Å². The van der Waals surface area contributed by atoms with Gasteiger partial charge in [0.15, 0.2) is 0 Å². The van der Waals surface area contributed by atoms with Crippen LogP contribution >= 0.6 is 0 Å². The summed E-state index contributed by atoms with van der Waals surface area (Å²) in [5, 5.41) is 6.14. The van der Waals surface area contributed by atoms with Gasteiger partial charge in [-0.15, -0.1) is 0 Å². The second-order valence-corrected chi connectivity index (χ2v) is 7.58. The Labute approximate surface area is 149 Å². The molecule has 0 aliphatic heterocycles. The Morgan fingerprint density at radius 1 is 1.08 bits per heavy atom. The lowest BCUT2D eigenvalue weighted by atomic mass is 9.84. The van der Waals surface area contributed by atoms with Gasteiger partial charge in [-0.2, -0.15) is 0 Å². The summed E-state index contributed by atoms with van der Waals surface area (Å²) in [4.78, 5) is 31.6. The molecule has 0 saturated heterocycles. The molecule has 3 N–H and O–H groups in total. The Hall–Kier alpha value is -1.85. The monoisotopic (exact) mass is 346 g/mol. The van der Waals surface area contributed by atoms with E-state index in [2.05, 4.69) is 20.6 Å². The van der Waals surface area contributed by atoms with Crippen molar-refractivity contribution in [2.75, 3.05) is 0 Å². The second-order valence-electron chi connectivity index (χ2n) is 7.58. The first kappa shape index (κ1) is 18.0. The Bertz CT molecular complexity index is 544. The van der Waals surface area contributed by atoms with Crippen LogP contribution in [-0.4, -0.2) is 27.8 Å². The van der Waals surface area contributed by atoms with E-state index in [9.17, 15) is 9.59 Å². The van der Waals surface area contributed by atoms with Crippen molar-refractivity contribution in [3.8, 4) is 0 Å². The number of hydrogen-bond donors (Lipinski definition) is 3. The van der Waals surface area contributed by atoms with Gasteiger partial charge in [0.1, 0.15) is 5.82 Å². The molecular formula is C19H30N4O2. The number of nitrogens with one attached hydrogen (secondary N) is 3. The first-order chi connectivity index (χ1) is 12.2. The van der Waals surface area contributed by atoms with E-state index in [1.54, 1.807) is 12.4 Å². The highest BCUT2D eigenvalue weighted by Gasteiger charge is 2.27. The molecule has 2 aliphatic rings. The molecule has 2 aliphatic carbocycles. The van der Waals surface area contributed by atoms with Gasteiger partial charge in [-0.25, -0.2) is 4.98 Å². The predicted octanol–water partition coefficient (Wildman–Crippen LogP) is 2.67. The highest BCUT2D eigenvalue weighted by atomic mass is 16.2. The number of carbonyl (C=O) groups excluding carboxylic acids is 2. The molecule has 2 fully saturated rings. The summed E-state index contributed by atoms with van der Waals surface area (Å²) in [6, 6.07) is 0.241. The molecule has 1 heterocycles. The van der Waals surface area contributed by atoms with Crippen LogP contribution in [0.1, 0.15) is 70.0 Å². The molecule has 1 aromatic heterocycles. The number of aromatic amines is 1. The molecule has 6 heteroatoms. The maximum atomic E-state index is 12.2. The van der Waals surface area contributed by atoms with Gasteiger partial charge < -0.3 is 15.6 Å². The van der Waals surface area contributed by atoms with Crippen LogP contribution in [0.15, 0.2) is 12.4 Å². The zero-order chi connectivity index (χ0) is 17.5. The lowest BCUT2D eigenvalue weighted by Crippen LogP contribution is -2.41. The number of aromatic nitrogens is 2. The molecule has 138 valence electrons. The van der Waals surface area contributed by atoms with Crippen molar-refractivity contribution in [1.82, 2.24) is 20.6 Å². The molecule has 2 amide bonds. The van der Waals surface area contributed by atoms with Gasteiger partial charge in [0.25, 0.3) is 0 Å². The second kappa shape index (κ2) is 9.02. The molecule has 6 nitrogen and oxygen atoms in total. The fourth-order valence-electron chi connectivity index (χ4n) is 4.15. The van der Waals surface area contributed by atoms with E-state index in [-0.39, 0.29) is 23.8 Å². The molecule has 0 unspecified atom stereocenters. The van der Waals surface area contributed by atoms with E-state index in [1.807, 2.05) is 0 Å². The lowest BCUT2D eigenvalue weighted by molar-refractivity contribution is -0.126. The fraction of sp³-hybridized carbons (Fsp3) is 0.737. The van der Waals surface area contributed by atoms with E-state index in [1.165, 1.54) is 32.1 Å². The molecule has 25 heavy (non-hydrogen) atoms. The SMILES string of the molecule is O=C(CC1CCCCC1)NC1CCC(C(=O)NCc2ncc[nH]2)CC1. The molecule has 0 spiro atoms. The van der Waals surface area contributed by atoms with Crippen molar-refractivity contribution < 1.29 is 9.59 Å². The summed E-state index contributed by atoms with van der Waals surface area (Å²) in [5.41, 5.74) is 0. The Balaban J connectivity index is 1.33. The summed E-state index contributed by atoms with van der Waals surface area (Å²) < 4.78 is 0. The average molecular weight is 346 g/mol. The average Bonchev–Trinajstić information content (AvgIpc) is 3.14. The maximum Gasteiger partial charge on any atom is 0.223 e. The van der Waals surface area contributed by atoms with Crippen molar-refractivity contribution in [2.45, 2.75) is 76.8 Å². The minimum atomic E-state index is 0.0569. The lowest BCUT2D eigenvalue weighted by Gasteiger charge is -2.29. The summed E-state index contributed by atoms with van der Waals surface area (Å²) in [5.74, 6) is 1.72. The fourth-order valence-corrected chi connectivity index (χ4v) is 4.15. The standard InChI is InChI=1S/C19H30N4O2/c24-18(12-14-4-2-1-3-5-14)23-16-8-6-15(7-9-16)19(25)22-13-17-20-10-11-21-17/h10-11,14-16H,1-9,12-13H2,(H,20,21)(H,22,25)(H,23,24). The van der Waals surface area contributed by atoms with Gasteiger partial charge in [-0.1, -0.05) is 19.3 Å². The summed E-state index contributed by atoms with van der Waals surface area (Å²) in [6.45, 7) is 0.448. The predicted molar refractivity (Wildman–Crippen MR) is 95.5 cm³/mol. The van der Waals surface area contributed by atoms with E-state index in [0.29, 0.717) is 18.9 Å². The summed E-state index contributed by atoms with van der Waals surface area (Å²) >= 11 is 0. The quantitative estimate of drug-likeness (QED) is 0.740. The van der Waals surface area contributed by atoms with Crippen LogP contribution in [0.3, 0.4) is 0 Å². The number of imidazole rings is 1. The summed E-state index contributed by atoms with van der Waals surface area (Å²) in [7, 11) is 0. The number of H-pyrrole nitrogens is 1. The van der Waals surface area contributed by atoms with E-state index < -0.39 is 0 Å². The van der Waals surface area contributed by atoms with Crippen molar-refractivity contribution >= 4 is 11.8 Å². The third-order valence-electron chi connectivity index (χ3n) is 5.65. The Kier molecular flexibility index (Phi) is 6.48. The van der Waals surface area contributed by atoms with Crippen molar-refractivity contribution in [3.05, 3.63) is 18.2 Å². The normalized spacial score (nSPS) is 24.6. The maximum absolute atomic E-state index is 12.2.